The fourth-order valence-electron chi connectivity index (χ4n) is 2.93. The highest BCUT2D eigenvalue weighted by atomic mass is 32.2. The molecule has 0 aromatic heterocycles. The van der Waals surface area contributed by atoms with E-state index >= 15 is 0 Å². The van der Waals surface area contributed by atoms with E-state index in [1.165, 1.54) is 0 Å². The molecular formula is C20H30N2O3S. The van der Waals surface area contributed by atoms with Crippen LogP contribution in [0, 0.1) is 12.8 Å². The molecule has 2 aromatic carbocycles. The molecule has 5 nitrogen and oxygen atoms in total. The van der Waals surface area contributed by atoms with Crippen molar-refractivity contribution in [1.82, 2.24) is 4.72 Å². The Balaban J connectivity index is 2.25. The number of nitrogens with two attached hydrogens (primary N) is 1. The third-order valence-corrected chi connectivity index (χ3v) is 5.82. The second-order valence-corrected chi connectivity index (χ2v) is 8.79. The summed E-state index contributed by atoms with van der Waals surface area (Å²) in [5.41, 5.74) is 6.66. The molecule has 0 radical (unpaired) electrons. The Morgan fingerprint density at radius 3 is 2.42 bits per heavy atom. The third-order valence-electron chi connectivity index (χ3n) is 4.24. The van der Waals surface area contributed by atoms with Gasteiger partial charge in [0.25, 0.3) is 0 Å². The van der Waals surface area contributed by atoms with Gasteiger partial charge in [0.1, 0.15) is 0 Å². The van der Waals surface area contributed by atoms with Crippen LogP contribution < -0.4 is 10.5 Å². The summed E-state index contributed by atoms with van der Waals surface area (Å²) in [6, 6.07) is 10.8. The van der Waals surface area contributed by atoms with Gasteiger partial charge in [-0.1, -0.05) is 44.2 Å². The van der Waals surface area contributed by atoms with Crippen LogP contribution >= 0.6 is 0 Å². The molecule has 0 saturated carbocycles. The minimum absolute atomic E-state index is 0.289. The molecule has 2 rings (SSSR count). The van der Waals surface area contributed by atoms with Crippen LogP contribution in [0.1, 0.15) is 32.3 Å². The molecule has 2 aromatic rings. The lowest BCUT2D eigenvalue weighted by atomic mass is 10.1. The van der Waals surface area contributed by atoms with Crippen molar-refractivity contribution in [2.45, 2.75) is 44.6 Å². The van der Waals surface area contributed by atoms with Gasteiger partial charge in [-0.15, -0.1) is 0 Å². The Morgan fingerprint density at radius 2 is 1.77 bits per heavy atom. The lowest BCUT2D eigenvalue weighted by Crippen LogP contribution is -2.39. The van der Waals surface area contributed by atoms with Crippen LogP contribution in [0.3, 0.4) is 0 Å². The van der Waals surface area contributed by atoms with Crippen LogP contribution in [0.5, 0.6) is 0 Å². The Morgan fingerprint density at radius 1 is 1.08 bits per heavy atom. The van der Waals surface area contributed by atoms with Crippen molar-refractivity contribution in [1.29, 1.82) is 0 Å². The molecule has 0 heterocycles. The summed E-state index contributed by atoms with van der Waals surface area (Å²) in [5.74, 6) is 0.405. The maximum Gasteiger partial charge on any atom is 0.241 e. The molecule has 0 aliphatic rings. The quantitative estimate of drug-likeness (QED) is 0.665. The summed E-state index contributed by atoms with van der Waals surface area (Å²) >= 11 is 0. The van der Waals surface area contributed by atoms with Crippen molar-refractivity contribution in [3.8, 4) is 0 Å². The van der Waals surface area contributed by atoms with Gasteiger partial charge in [0.2, 0.25) is 10.0 Å². The van der Waals surface area contributed by atoms with Crippen molar-refractivity contribution in [3.63, 3.8) is 0 Å². The van der Waals surface area contributed by atoms with Gasteiger partial charge in [-0.2, -0.15) is 0 Å². The molecule has 0 bridgehead atoms. The lowest BCUT2D eigenvalue weighted by Gasteiger charge is -2.20. The zero-order valence-corrected chi connectivity index (χ0v) is 16.7. The topological polar surface area (TPSA) is 81.4 Å². The van der Waals surface area contributed by atoms with Crippen LogP contribution in [-0.2, 0) is 14.8 Å². The van der Waals surface area contributed by atoms with Gasteiger partial charge in [0, 0.05) is 18.0 Å². The highest BCUT2D eigenvalue weighted by Crippen LogP contribution is 2.26. The number of ether oxygens (including phenoxy) is 1. The normalized spacial score (nSPS) is 13.4. The summed E-state index contributed by atoms with van der Waals surface area (Å²) in [6.07, 6.45) is 1.39. The zero-order chi connectivity index (χ0) is 19.2. The van der Waals surface area contributed by atoms with Crippen molar-refractivity contribution < 1.29 is 13.2 Å². The number of rotatable bonds is 10. The van der Waals surface area contributed by atoms with Gasteiger partial charge >= 0.3 is 0 Å². The predicted molar refractivity (Wildman–Crippen MR) is 107 cm³/mol. The molecule has 0 saturated heterocycles. The largest absolute Gasteiger partial charge is 0.380 e. The van der Waals surface area contributed by atoms with Crippen LogP contribution in [0.4, 0.5) is 0 Å². The predicted octanol–water partition coefficient (Wildman–Crippen LogP) is 3.21. The number of sulfonamides is 1. The molecular weight excluding hydrogens is 348 g/mol. The average Bonchev–Trinajstić information content (AvgIpc) is 2.59. The number of hydrogen-bond donors (Lipinski definition) is 2. The van der Waals surface area contributed by atoms with Gasteiger partial charge in [0.15, 0.2) is 0 Å². The summed E-state index contributed by atoms with van der Waals surface area (Å²) < 4.78 is 34.6. The summed E-state index contributed by atoms with van der Waals surface area (Å²) in [4.78, 5) is 0.306. The maximum absolute atomic E-state index is 13.0. The smallest absolute Gasteiger partial charge is 0.241 e. The number of hydrogen-bond acceptors (Lipinski definition) is 4. The monoisotopic (exact) mass is 378 g/mol. The Hall–Kier alpha value is -1.47. The Kier molecular flexibility index (Phi) is 7.58. The number of fused-ring (bicyclic) bond motifs is 1. The minimum atomic E-state index is -3.65. The third kappa shape index (κ3) is 5.51. The van der Waals surface area contributed by atoms with E-state index < -0.39 is 10.0 Å². The molecule has 0 aliphatic carbocycles. The number of aryl methyl sites for hydroxylation is 1. The molecule has 1 atom stereocenters. The van der Waals surface area contributed by atoms with E-state index in [0.29, 0.717) is 37.0 Å². The molecule has 144 valence electrons. The molecule has 0 aliphatic heterocycles. The van der Waals surface area contributed by atoms with Crippen LogP contribution in [0.15, 0.2) is 41.3 Å². The highest BCUT2D eigenvalue weighted by molar-refractivity contribution is 7.89. The van der Waals surface area contributed by atoms with Gasteiger partial charge in [0.05, 0.1) is 11.5 Å². The molecule has 26 heavy (non-hydrogen) atoms. The van der Waals surface area contributed by atoms with Crippen molar-refractivity contribution in [2.24, 2.45) is 11.7 Å². The van der Waals surface area contributed by atoms with Crippen molar-refractivity contribution in [3.05, 3.63) is 42.0 Å². The van der Waals surface area contributed by atoms with E-state index in [1.807, 2.05) is 37.3 Å². The van der Waals surface area contributed by atoms with Gasteiger partial charge < -0.3 is 10.5 Å². The van der Waals surface area contributed by atoms with E-state index in [0.717, 1.165) is 22.8 Å². The van der Waals surface area contributed by atoms with E-state index in [4.69, 9.17) is 10.5 Å². The maximum atomic E-state index is 13.0. The molecule has 0 fully saturated rings. The van der Waals surface area contributed by atoms with Gasteiger partial charge in [-0.05, 0) is 49.2 Å². The second-order valence-electron chi connectivity index (χ2n) is 7.11. The average molecular weight is 379 g/mol. The second kappa shape index (κ2) is 9.46. The molecule has 0 unspecified atom stereocenters. The first-order valence-corrected chi connectivity index (χ1v) is 10.6. The molecule has 0 spiro atoms. The van der Waals surface area contributed by atoms with Gasteiger partial charge in [-0.25, -0.2) is 13.1 Å². The minimum Gasteiger partial charge on any atom is -0.380 e. The van der Waals surface area contributed by atoms with Gasteiger partial charge in [-0.3, -0.25) is 0 Å². The lowest BCUT2D eigenvalue weighted by molar-refractivity contribution is 0.0928. The molecule has 3 N–H and O–H groups in total. The first kappa shape index (κ1) is 20.8. The fraction of sp³-hybridized carbons (Fsp3) is 0.500. The van der Waals surface area contributed by atoms with Crippen LogP contribution in [0.25, 0.3) is 10.8 Å². The Labute approximate surface area is 157 Å². The summed E-state index contributed by atoms with van der Waals surface area (Å²) in [5, 5.41) is 1.69. The Bertz CT molecular complexity index is 819. The first-order valence-electron chi connectivity index (χ1n) is 9.13. The number of benzene rings is 2. The SMILES string of the molecule is Cc1ccc(S(=O)(=O)N[C@@H](CCCN)COCC(C)C)c2ccccc12. The van der Waals surface area contributed by atoms with Crippen molar-refractivity contribution >= 4 is 20.8 Å². The highest BCUT2D eigenvalue weighted by Gasteiger charge is 2.22. The fourth-order valence-corrected chi connectivity index (χ4v) is 4.39. The molecule has 0 amide bonds. The van der Waals surface area contributed by atoms with E-state index in [1.54, 1.807) is 6.07 Å². The zero-order valence-electron chi connectivity index (χ0n) is 15.9. The molecule has 6 heteroatoms. The van der Waals surface area contributed by atoms with Crippen molar-refractivity contribution in [2.75, 3.05) is 19.8 Å². The van der Waals surface area contributed by atoms with Crippen LogP contribution in [0.2, 0.25) is 0 Å². The summed E-state index contributed by atoms with van der Waals surface area (Å²) in [6.45, 7) is 7.59. The van der Waals surface area contributed by atoms with E-state index in [2.05, 4.69) is 18.6 Å². The number of nitrogens with one attached hydrogen (secondary N) is 1. The first-order chi connectivity index (χ1) is 12.3. The van der Waals surface area contributed by atoms with E-state index in [9.17, 15) is 8.42 Å². The summed E-state index contributed by atoms with van der Waals surface area (Å²) in [7, 11) is -3.65. The van der Waals surface area contributed by atoms with E-state index in [-0.39, 0.29) is 6.04 Å². The van der Waals surface area contributed by atoms with Crippen LogP contribution in [-0.4, -0.2) is 34.2 Å². The standard InChI is InChI=1S/C20H30N2O3S/c1-15(2)13-25-14-17(7-6-12-21)22-26(23,24)20-11-10-16(3)18-8-4-5-9-19(18)20/h4-5,8-11,15,17,22H,6-7,12-14,21H2,1-3H3/t17-/m0/s1.